The highest BCUT2D eigenvalue weighted by Crippen LogP contribution is 2.24. The van der Waals surface area contributed by atoms with Crippen molar-refractivity contribution in [2.75, 3.05) is 13.1 Å². The number of rotatable bonds is 6. The molecule has 0 aromatic heterocycles. The summed E-state index contributed by atoms with van der Waals surface area (Å²) in [6.45, 7) is 0.675. The normalized spacial score (nSPS) is 15.6. The molecule has 2 aromatic carbocycles. The highest BCUT2D eigenvalue weighted by Gasteiger charge is 2.31. The quantitative estimate of drug-likeness (QED) is 0.683. The molecule has 1 aliphatic heterocycles. The van der Waals surface area contributed by atoms with Crippen LogP contribution in [-0.2, 0) is 20.0 Å². The third-order valence-corrected chi connectivity index (χ3v) is 7.62. The van der Waals surface area contributed by atoms with Gasteiger partial charge in [0, 0.05) is 18.7 Å². The lowest BCUT2D eigenvalue weighted by molar-refractivity contribution is -0.274. The smallest absolute Gasteiger partial charge is 0.406 e. The Bertz CT molecular complexity index is 1170. The molecule has 31 heavy (non-hydrogen) atoms. The zero-order valence-corrected chi connectivity index (χ0v) is 17.4. The van der Waals surface area contributed by atoms with Gasteiger partial charge < -0.3 is 4.74 Å². The summed E-state index contributed by atoms with van der Waals surface area (Å²) >= 11 is 0. The van der Waals surface area contributed by atoms with Crippen molar-refractivity contribution in [2.45, 2.75) is 29.0 Å². The molecule has 1 heterocycles. The largest absolute Gasteiger partial charge is 0.573 e. The molecule has 2 aromatic rings. The molecule has 0 bridgehead atoms. The van der Waals surface area contributed by atoms with Crippen molar-refractivity contribution in [1.29, 1.82) is 0 Å². The summed E-state index contributed by atoms with van der Waals surface area (Å²) in [7, 11) is -8.32. The summed E-state index contributed by atoms with van der Waals surface area (Å²) in [4.78, 5) is 11.6. The van der Waals surface area contributed by atoms with Crippen LogP contribution in [0.1, 0.15) is 23.2 Å². The standard InChI is InChI=1S/C18H17F3N2O6S2/c19-18(20,21)29-14-8-6-13(7-9-14)17(24)22-30(25,26)15-4-3-5-16(12-15)31(27,28)23-10-1-2-11-23/h3-9,12H,1-2,10-11H2,(H,22,24). The van der Waals surface area contributed by atoms with Gasteiger partial charge in [-0.1, -0.05) is 6.07 Å². The number of hydrogen-bond donors (Lipinski definition) is 1. The Hall–Kier alpha value is -2.64. The minimum absolute atomic E-state index is 0.224. The first-order chi connectivity index (χ1) is 14.4. The van der Waals surface area contributed by atoms with Gasteiger partial charge in [-0.3, -0.25) is 4.79 Å². The first-order valence-electron chi connectivity index (χ1n) is 8.92. The van der Waals surface area contributed by atoms with Crippen LogP contribution in [0.25, 0.3) is 0 Å². The minimum atomic E-state index is -4.91. The molecular weight excluding hydrogens is 461 g/mol. The van der Waals surface area contributed by atoms with Gasteiger partial charge in [0.15, 0.2) is 0 Å². The van der Waals surface area contributed by atoms with Crippen molar-refractivity contribution >= 4 is 26.0 Å². The number of halogens is 3. The molecule has 1 saturated heterocycles. The number of sulfonamides is 2. The van der Waals surface area contributed by atoms with E-state index in [1.165, 1.54) is 16.4 Å². The Kier molecular flexibility index (Phi) is 6.30. The number of hydrogen-bond acceptors (Lipinski definition) is 6. The van der Waals surface area contributed by atoms with Crippen LogP contribution >= 0.6 is 0 Å². The van der Waals surface area contributed by atoms with Crippen molar-refractivity contribution in [2.24, 2.45) is 0 Å². The molecule has 13 heteroatoms. The van der Waals surface area contributed by atoms with Crippen LogP contribution in [0.5, 0.6) is 5.75 Å². The van der Waals surface area contributed by atoms with Gasteiger partial charge in [-0.25, -0.2) is 21.6 Å². The first-order valence-corrected chi connectivity index (χ1v) is 11.8. The number of amides is 1. The number of benzene rings is 2. The predicted molar refractivity (Wildman–Crippen MR) is 102 cm³/mol. The topological polar surface area (TPSA) is 110 Å². The maximum Gasteiger partial charge on any atom is 0.573 e. The Morgan fingerprint density at radius 3 is 2.10 bits per heavy atom. The van der Waals surface area contributed by atoms with Crippen LogP contribution in [0.3, 0.4) is 0 Å². The zero-order chi connectivity index (χ0) is 22.9. The van der Waals surface area contributed by atoms with Gasteiger partial charge in [0.05, 0.1) is 9.79 Å². The van der Waals surface area contributed by atoms with Crippen LogP contribution in [0, 0.1) is 0 Å². The second-order valence-electron chi connectivity index (χ2n) is 6.59. The molecule has 0 saturated carbocycles. The molecule has 1 fully saturated rings. The molecular formula is C18H17F3N2O6S2. The Balaban J connectivity index is 1.78. The average molecular weight is 478 g/mol. The molecule has 3 rings (SSSR count). The van der Waals surface area contributed by atoms with E-state index >= 15 is 0 Å². The summed E-state index contributed by atoms with van der Waals surface area (Å²) in [5.41, 5.74) is -0.237. The molecule has 1 aliphatic rings. The van der Waals surface area contributed by atoms with Crippen molar-refractivity contribution in [3.8, 4) is 5.75 Å². The predicted octanol–water partition coefficient (Wildman–Crippen LogP) is 2.49. The maximum atomic E-state index is 12.6. The van der Waals surface area contributed by atoms with Crippen LogP contribution in [-0.4, -0.2) is 46.5 Å². The lowest BCUT2D eigenvalue weighted by Gasteiger charge is -2.16. The summed E-state index contributed by atoms with van der Waals surface area (Å²) in [5.74, 6) is -1.68. The number of carbonyl (C=O) groups is 1. The van der Waals surface area contributed by atoms with Gasteiger partial charge in [-0.2, -0.15) is 4.31 Å². The van der Waals surface area contributed by atoms with E-state index in [0.29, 0.717) is 25.9 Å². The van der Waals surface area contributed by atoms with Crippen LogP contribution < -0.4 is 9.46 Å². The van der Waals surface area contributed by atoms with Crippen LogP contribution in [0.2, 0.25) is 0 Å². The summed E-state index contributed by atoms with van der Waals surface area (Å²) in [6, 6.07) is 8.21. The fourth-order valence-electron chi connectivity index (χ4n) is 2.93. The number of alkyl halides is 3. The van der Waals surface area contributed by atoms with Gasteiger partial charge in [-0.05, 0) is 55.3 Å². The van der Waals surface area contributed by atoms with Gasteiger partial charge in [0.25, 0.3) is 15.9 Å². The highest BCUT2D eigenvalue weighted by atomic mass is 32.2. The van der Waals surface area contributed by atoms with E-state index in [2.05, 4.69) is 4.74 Å². The number of ether oxygens (including phenoxy) is 1. The van der Waals surface area contributed by atoms with Gasteiger partial charge in [0.1, 0.15) is 5.75 Å². The Labute approximate surface area is 176 Å². The fraction of sp³-hybridized carbons (Fsp3) is 0.278. The Morgan fingerprint density at radius 1 is 0.935 bits per heavy atom. The van der Waals surface area contributed by atoms with E-state index in [9.17, 15) is 34.8 Å². The van der Waals surface area contributed by atoms with Gasteiger partial charge in [0.2, 0.25) is 10.0 Å². The van der Waals surface area contributed by atoms with E-state index in [4.69, 9.17) is 0 Å². The third kappa shape index (κ3) is 5.54. The van der Waals surface area contributed by atoms with E-state index < -0.39 is 43.0 Å². The fourth-order valence-corrected chi connectivity index (χ4v) is 5.58. The van der Waals surface area contributed by atoms with Crippen molar-refractivity contribution in [1.82, 2.24) is 9.03 Å². The average Bonchev–Trinajstić information content (AvgIpc) is 3.23. The van der Waals surface area contributed by atoms with Crippen molar-refractivity contribution in [3.05, 3.63) is 54.1 Å². The molecule has 1 N–H and O–H groups in total. The van der Waals surface area contributed by atoms with E-state index in [-0.39, 0.29) is 10.5 Å². The van der Waals surface area contributed by atoms with Crippen molar-refractivity contribution in [3.63, 3.8) is 0 Å². The lowest BCUT2D eigenvalue weighted by atomic mass is 10.2. The number of carbonyl (C=O) groups excluding carboxylic acids is 1. The number of nitrogens with zero attached hydrogens (tertiary/aromatic N) is 1. The van der Waals surface area contributed by atoms with E-state index in [0.717, 1.165) is 36.4 Å². The first kappa shape index (κ1) is 23.0. The second-order valence-corrected chi connectivity index (χ2v) is 10.2. The van der Waals surface area contributed by atoms with E-state index in [1.807, 2.05) is 0 Å². The summed E-state index contributed by atoms with van der Waals surface area (Å²) < 4.78 is 93.7. The zero-order valence-electron chi connectivity index (χ0n) is 15.8. The monoisotopic (exact) mass is 478 g/mol. The molecule has 1 amide bonds. The molecule has 0 unspecified atom stereocenters. The van der Waals surface area contributed by atoms with Gasteiger partial charge in [-0.15, -0.1) is 13.2 Å². The molecule has 0 atom stereocenters. The second kappa shape index (κ2) is 8.48. The van der Waals surface area contributed by atoms with Crippen molar-refractivity contribution < 1.29 is 39.5 Å². The lowest BCUT2D eigenvalue weighted by Crippen LogP contribution is -2.31. The van der Waals surface area contributed by atoms with E-state index in [1.54, 1.807) is 4.72 Å². The number of nitrogens with one attached hydrogen (secondary N) is 1. The molecule has 168 valence electrons. The molecule has 0 radical (unpaired) electrons. The molecule has 0 aliphatic carbocycles. The molecule has 0 spiro atoms. The Morgan fingerprint density at radius 2 is 1.52 bits per heavy atom. The van der Waals surface area contributed by atoms with Gasteiger partial charge >= 0.3 is 6.36 Å². The minimum Gasteiger partial charge on any atom is -0.406 e. The van der Waals surface area contributed by atoms with Crippen LogP contribution in [0.15, 0.2) is 58.3 Å². The highest BCUT2D eigenvalue weighted by molar-refractivity contribution is 7.90. The maximum absolute atomic E-state index is 12.6. The summed E-state index contributed by atoms with van der Waals surface area (Å²) in [5, 5.41) is 0. The summed E-state index contributed by atoms with van der Waals surface area (Å²) in [6.07, 6.45) is -3.49. The SMILES string of the molecule is O=C(NS(=O)(=O)c1cccc(S(=O)(=O)N2CCCC2)c1)c1ccc(OC(F)(F)F)cc1. The van der Waals surface area contributed by atoms with Crippen LogP contribution in [0.4, 0.5) is 13.2 Å². The molecule has 8 nitrogen and oxygen atoms in total. The third-order valence-electron chi connectivity index (χ3n) is 4.40.